The Balaban J connectivity index is 1.89. The van der Waals surface area contributed by atoms with Crippen LogP contribution in [0, 0.1) is 0 Å². The van der Waals surface area contributed by atoms with Crippen LogP contribution in [-0.4, -0.2) is 39.5 Å². The molecule has 1 aliphatic heterocycles. The summed E-state index contributed by atoms with van der Waals surface area (Å²) in [4.78, 5) is 31.4. The summed E-state index contributed by atoms with van der Waals surface area (Å²) in [5, 5.41) is 5.85. The smallest absolute Gasteiger partial charge is 0.338 e. The summed E-state index contributed by atoms with van der Waals surface area (Å²) >= 11 is 1.56. The molecule has 0 atom stereocenters. The largest absolute Gasteiger partial charge is 0.462 e. The molecule has 0 unspecified atom stereocenters. The number of imidazole rings is 1. The van der Waals surface area contributed by atoms with Crippen LogP contribution in [0.25, 0.3) is 16.1 Å². The van der Waals surface area contributed by atoms with Gasteiger partial charge in [0.2, 0.25) is 11.9 Å². The van der Waals surface area contributed by atoms with Gasteiger partial charge < -0.3 is 9.64 Å². The summed E-state index contributed by atoms with van der Waals surface area (Å²) in [6.07, 6.45) is 9.68. The van der Waals surface area contributed by atoms with Crippen molar-refractivity contribution in [1.82, 2.24) is 14.5 Å². The highest BCUT2D eigenvalue weighted by molar-refractivity contribution is 8.10. The molecule has 0 saturated heterocycles. The van der Waals surface area contributed by atoms with Gasteiger partial charge in [-0.05, 0) is 36.4 Å². The Kier molecular flexibility index (Phi) is 8.79. The third kappa shape index (κ3) is 5.94. The molecule has 0 spiro atoms. The first kappa shape index (κ1) is 23.9. The van der Waals surface area contributed by atoms with Crippen LogP contribution in [0.3, 0.4) is 0 Å². The van der Waals surface area contributed by atoms with Gasteiger partial charge in [0.15, 0.2) is 0 Å². The Morgan fingerprint density at radius 3 is 2.72 bits per heavy atom. The predicted molar refractivity (Wildman–Crippen MR) is 131 cm³/mol. The van der Waals surface area contributed by atoms with Crippen molar-refractivity contribution >= 4 is 45.6 Å². The summed E-state index contributed by atoms with van der Waals surface area (Å²) in [5.74, 6) is -0.0153. The maximum atomic E-state index is 12.5. The van der Waals surface area contributed by atoms with Crippen LogP contribution in [0.15, 0.2) is 36.0 Å². The molecule has 32 heavy (non-hydrogen) atoms. The topological polar surface area (TPSA) is 76.5 Å². The van der Waals surface area contributed by atoms with Crippen LogP contribution < -0.4 is 5.32 Å². The first-order valence-electron chi connectivity index (χ1n) is 11.4. The standard InChI is InChI=1S/C24H32N4O3S/c1-4-7-8-9-14-31-23(30)18-10-11-20-19(16-18)25-24(26-21(29)6-3)28(20)22-17-27(12-5-2)13-15-32-22/h10-11,13,15-17H,4-9,12,14H2,1-3H3,(H,25,26,29). The van der Waals surface area contributed by atoms with E-state index >= 15 is 0 Å². The van der Waals surface area contributed by atoms with Gasteiger partial charge in [-0.3, -0.25) is 14.7 Å². The van der Waals surface area contributed by atoms with Gasteiger partial charge in [-0.2, -0.15) is 0 Å². The molecule has 0 bridgehead atoms. The van der Waals surface area contributed by atoms with Gasteiger partial charge >= 0.3 is 5.97 Å². The zero-order chi connectivity index (χ0) is 22.9. The Morgan fingerprint density at radius 2 is 1.97 bits per heavy atom. The summed E-state index contributed by atoms with van der Waals surface area (Å²) in [6.45, 7) is 7.41. The molecule has 2 heterocycles. The summed E-state index contributed by atoms with van der Waals surface area (Å²) in [5.41, 5.74) is 1.92. The highest BCUT2D eigenvalue weighted by Gasteiger charge is 2.20. The van der Waals surface area contributed by atoms with Gasteiger partial charge in [0, 0.05) is 25.4 Å². The minimum Gasteiger partial charge on any atom is -0.462 e. The molecule has 0 saturated carbocycles. The number of hydrogen-bond acceptors (Lipinski definition) is 6. The van der Waals surface area contributed by atoms with Crippen molar-refractivity contribution in [3.8, 4) is 0 Å². The maximum absolute atomic E-state index is 12.5. The van der Waals surface area contributed by atoms with Gasteiger partial charge in [0.1, 0.15) is 5.03 Å². The van der Waals surface area contributed by atoms with E-state index in [0.717, 1.165) is 49.2 Å². The highest BCUT2D eigenvalue weighted by atomic mass is 32.2. The first-order chi connectivity index (χ1) is 15.6. The molecule has 1 aromatic carbocycles. The number of ether oxygens (including phenoxy) is 1. The second-order valence-corrected chi connectivity index (χ2v) is 8.61. The van der Waals surface area contributed by atoms with Crippen LogP contribution in [0.5, 0.6) is 0 Å². The molecule has 1 aliphatic rings. The number of benzene rings is 1. The molecule has 172 valence electrons. The zero-order valence-electron chi connectivity index (χ0n) is 19.1. The van der Waals surface area contributed by atoms with E-state index in [-0.39, 0.29) is 11.9 Å². The zero-order valence-corrected chi connectivity index (χ0v) is 19.9. The summed E-state index contributed by atoms with van der Waals surface area (Å²) < 4.78 is 7.36. The lowest BCUT2D eigenvalue weighted by molar-refractivity contribution is -0.115. The van der Waals surface area contributed by atoms with E-state index in [1.807, 2.05) is 22.2 Å². The number of amides is 1. The van der Waals surface area contributed by atoms with E-state index in [2.05, 4.69) is 35.2 Å². The predicted octanol–water partition coefficient (Wildman–Crippen LogP) is 5.81. The Labute approximate surface area is 193 Å². The minimum absolute atomic E-state index is 0.115. The van der Waals surface area contributed by atoms with E-state index < -0.39 is 0 Å². The van der Waals surface area contributed by atoms with E-state index in [0.29, 0.717) is 30.1 Å². The minimum atomic E-state index is -0.347. The number of carbonyl (C=O) groups is 2. The molecule has 3 rings (SSSR count). The average molecular weight is 457 g/mol. The normalized spacial score (nSPS) is 13.3. The second-order valence-electron chi connectivity index (χ2n) is 7.68. The van der Waals surface area contributed by atoms with E-state index in [1.165, 1.54) is 0 Å². The van der Waals surface area contributed by atoms with Gasteiger partial charge in [-0.25, -0.2) is 9.78 Å². The SMILES string of the molecule is CCCCCCOC(=O)c1ccc2c(c1)nc(NC(=O)CC)n2C1=CN(CCC)C=CS1. The van der Waals surface area contributed by atoms with Crippen molar-refractivity contribution in [1.29, 1.82) is 0 Å². The number of anilines is 1. The first-order valence-corrected chi connectivity index (χ1v) is 12.3. The van der Waals surface area contributed by atoms with Crippen molar-refractivity contribution in [3.63, 3.8) is 0 Å². The van der Waals surface area contributed by atoms with Gasteiger partial charge in [-0.15, -0.1) is 0 Å². The number of fused-ring (bicyclic) bond motifs is 1. The lowest BCUT2D eigenvalue weighted by Crippen LogP contribution is -2.17. The van der Waals surface area contributed by atoms with Gasteiger partial charge in [0.25, 0.3) is 0 Å². The fourth-order valence-electron chi connectivity index (χ4n) is 3.41. The number of unbranched alkanes of at least 4 members (excludes halogenated alkanes) is 3. The summed E-state index contributed by atoms with van der Waals surface area (Å²) in [6, 6.07) is 5.35. The average Bonchev–Trinajstić information content (AvgIpc) is 3.16. The number of esters is 1. The number of nitrogens with zero attached hydrogens (tertiary/aromatic N) is 3. The van der Waals surface area contributed by atoms with Gasteiger partial charge in [-0.1, -0.05) is 51.8 Å². The van der Waals surface area contributed by atoms with Crippen LogP contribution >= 0.6 is 11.8 Å². The number of rotatable bonds is 11. The van der Waals surface area contributed by atoms with Crippen molar-refractivity contribution < 1.29 is 14.3 Å². The van der Waals surface area contributed by atoms with Crippen molar-refractivity contribution in [2.75, 3.05) is 18.5 Å². The van der Waals surface area contributed by atoms with Gasteiger partial charge in [0.05, 0.1) is 23.2 Å². The number of hydrogen-bond donors (Lipinski definition) is 1. The molecule has 0 radical (unpaired) electrons. The lowest BCUT2D eigenvalue weighted by Gasteiger charge is -2.22. The Bertz CT molecular complexity index is 1010. The summed E-state index contributed by atoms with van der Waals surface area (Å²) in [7, 11) is 0. The number of nitrogens with one attached hydrogen (secondary N) is 1. The molecule has 1 N–H and O–H groups in total. The Morgan fingerprint density at radius 1 is 1.12 bits per heavy atom. The highest BCUT2D eigenvalue weighted by Crippen LogP contribution is 2.34. The molecule has 8 heteroatoms. The number of aromatic nitrogens is 2. The fourth-order valence-corrected chi connectivity index (χ4v) is 4.25. The molecular weight excluding hydrogens is 424 g/mol. The third-order valence-corrected chi connectivity index (χ3v) is 5.90. The number of thioether (sulfide) groups is 1. The van der Waals surface area contributed by atoms with Crippen molar-refractivity contribution in [2.45, 2.75) is 59.3 Å². The monoisotopic (exact) mass is 456 g/mol. The number of carbonyl (C=O) groups excluding carboxylic acids is 2. The molecule has 1 amide bonds. The third-order valence-electron chi connectivity index (χ3n) is 5.11. The molecule has 0 fully saturated rings. The fraction of sp³-hybridized carbons (Fsp3) is 0.458. The van der Waals surface area contributed by atoms with E-state index in [1.54, 1.807) is 30.8 Å². The maximum Gasteiger partial charge on any atom is 0.338 e. The Hall–Kier alpha value is -2.74. The molecule has 0 aliphatic carbocycles. The van der Waals surface area contributed by atoms with Crippen molar-refractivity contribution in [2.24, 2.45) is 0 Å². The molecule has 2 aromatic rings. The molecule has 7 nitrogen and oxygen atoms in total. The van der Waals surface area contributed by atoms with Crippen LogP contribution in [0.1, 0.15) is 69.7 Å². The van der Waals surface area contributed by atoms with Crippen LogP contribution in [0.4, 0.5) is 5.95 Å². The van der Waals surface area contributed by atoms with E-state index in [4.69, 9.17) is 4.74 Å². The van der Waals surface area contributed by atoms with Crippen LogP contribution in [0.2, 0.25) is 0 Å². The van der Waals surface area contributed by atoms with E-state index in [9.17, 15) is 9.59 Å². The lowest BCUT2D eigenvalue weighted by atomic mass is 10.2. The molecular formula is C24H32N4O3S. The quantitative estimate of drug-likeness (QED) is 0.340. The molecule has 1 aromatic heterocycles. The van der Waals surface area contributed by atoms with Crippen LogP contribution in [-0.2, 0) is 9.53 Å². The van der Waals surface area contributed by atoms with Crippen molar-refractivity contribution in [3.05, 3.63) is 41.6 Å². The second kappa shape index (κ2) is 11.8.